The fourth-order valence-corrected chi connectivity index (χ4v) is 3.55. The zero-order valence-electron chi connectivity index (χ0n) is 16.9. The van der Waals surface area contributed by atoms with Crippen molar-refractivity contribution in [2.24, 2.45) is 0 Å². The van der Waals surface area contributed by atoms with Crippen molar-refractivity contribution in [3.05, 3.63) is 89.7 Å². The van der Waals surface area contributed by atoms with Crippen molar-refractivity contribution in [1.29, 1.82) is 0 Å². The van der Waals surface area contributed by atoms with Gasteiger partial charge in [-0.05, 0) is 30.3 Å². The number of hydrogen-bond donors (Lipinski definition) is 0. The molecule has 0 bridgehead atoms. The predicted molar refractivity (Wildman–Crippen MR) is 108 cm³/mol. The van der Waals surface area contributed by atoms with E-state index in [2.05, 4.69) is 15.1 Å². The van der Waals surface area contributed by atoms with Gasteiger partial charge < -0.3 is 9.09 Å². The van der Waals surface area contributed by atoms with Gasteiger partial charge in [0.1, 0.15) is 17.2 Å². The molecule has 5 rings (SSSR count). The van der Waals surface area contributed by atoms with Crippen LogP contribution in [-0.4, -0.2) is 19.7 Å². The fourth-order valence-electron chi connectivity index (χ4n) is 3.55. The molecule has 5 nitrogen and oxygen atoms in total. The van der Waals surface area contributed by atoms with Crippen LogP contribution >= 0.6 is 0 Å². The zero-order chi connectivity index (χ0) is 24.0. The lowest BCUT2D eigenvalue weighted by molar-refractivity contribution is -0.137. The normalized spacial score (nSPS) is 11.9. The second-order valence-corrected chi connectivity index (χ2v) is 7.37. The number of rotatable bonds is 4. The topological polar surface area (TPSA) is 56.7 Å². The van der Waals surface area contributed by atoms with Crippen LogP contribution in [0.4, 0.5) is 26.3 Å². The van der Waals surface area contributed by atoms with Gasteiger partial charge in [-0.2, -0.15) is 13.2 Å². The molecule has 0 saturated heterocycles. The van der Waals surface area contributed by atoms with Gasteiger partial charge in [-0.3, -0.25) is 0 Å². The van der Waals surface area contributed by atoms with Crippen LogP contribution in [0.25, 0.3) is 34.0 Å². The Morgan fingerprint density at radius 1 is 0.853 bits per heavy atom. The van der Waals surface area contributed by atoms with Gasteiger partial charge in [0.15, 0.2) is 23.2 Å². The van der Waals surface area contributed by atoms with Crippen molar-refractivity contribution in [2.45, 2.75) is 12.7 Å². The van der Waals surface area contributed by atoms with E-state index in [0.29, 0.717) is 11.4 Å². The minimum absolute atomic E-state index is 0.00549. The number of fused-ring (bicyclic) bond motifs is 1. The number of imidazole rings is 1. The molecule has 0 radical (unpaired) electrons. The van der Waals surface area contributed by atoms with E-state index in [1.807, 2.05) is 0 Å². The molecule has 2 aromatic carbocycles. The van der Waals surface area contributed by atoms with Crippen LogP contribution in [0, 0.1) is 17.5 Å². The lowest BCUT2D eigenvalue weighted by Gasteiger charge is -2.11. The van der Waals surface area contributed by atoms with Crippen LogP contribution in [-0.2, 0) is 12.7 Å². The summed E-state index contributed by atoms with van der Waals surface area (Å²) < 4.78 is 88.4. The van der Waals surface area contributed by atoms with Crippen molar-refractivity contribution in [1.82, 2.24) is 19.7 Å². The highest BCUT2D eigenvalue weighted by atomic mass is 19.4. The SMILES string of the molecule is Fc1cccc(-c2nc3ccn(Cc4cc(-c5c(F)cccc5C(F)(F)F)no4)cc-3n2)c1F. The summed E-state index contributed by atoms with van der Waals surface area (Å²) in [7, 11) is 0. The maximum Gasteiger partial charge on any atom is 0.417 e. The van der Waals surface area contributed by atoms with E-state index in [9.17, 15) is 26.3 Å². The number of hydrogen-bond acceptors (Lipinski definition) is 4. The highest BCUT2D eigenvalue weighted by Crippen LogP contribution is 2.38. The molecule has 0 N–H and O–H groups in total. The van der Waals surface area contributed by atoms with E-state index in [0.717, 1.165) is 24.3 Å². The zero-order valence-corrected chi connectivity index (χ0v) is 16.9. The van der Waals surface area contributed by atoms with Gasteiger partial charge in [0.05, 0.1) is 28.9 Å². The minimum atomic E-state index is -4.77. The summed E-state index contributed by atoms with van der Waals surface area (Å²) in [4.78, 5) is 8.43. The standard InChI is InChI=1S/C23H12F6N4O/c24-15-5-2-4-14(23(27,28)29)20(15)18-9-12(34-32-18)10-33-8-7-17-19(11-33)31-22(30-17)13-3-1-6-16(25)21(13)26/h1-9,11H,10H2. The maximum atomic E-state index is 14.2. The number of benzene rings is 2. The molecule has 172 valence electrons. The molecule has 0 aliphatic carbocycles. The summed E-state index contributed by atoms with van der Waals surface area (Å²) >= 11 is 0. The largest absolute Gasteiger partial charge is 0.417 e. The average Bonchev–Trinajstić information content (AvgIpc) is 3.41. The summed E-state index contributed by atoms with van der Waals surface area (Å²) in [5.41, 5.74) is -1.45. The van der Waals surface area contributed by atoms with Gasteiger partial charge in [-0.15, -0.1) is 0 Å². The molecule has 2 aliphatic rings. The average molecular weight is 474 g/mol. The molecule has 2 aliphatic heterocycles. The third-order valence-corrected chi connectivity index (χ3v) is 5.09. The molecule has 0 saturated carbocycles. The van der Waals surface area contributed by atoms with Crippen LogP contribution in [0.2, 0.25) is 0 Å². The fraction of sp³-hybridized carbons (Fsp3) is 0.0870. The van der Waals surface area contributed by atoms with E-state index in [4.69, 9.17) is 4.52 Å². The molecule has 0 unspecified atom stereocenters. The van der Waals surface area contributed by atoms with Crippen molar-refractivity contribution < 1.29 is 30.9 Å². The van der Waals surface area contributed by atoms with E-state index in [-0.39, 0.29) is 29.4 Å². The molecule has 1 aromatic heterocycles. The quantitative estimate of drug-likeness (QED) is 0.292. The van der Waals surface area contributed by atoms with Crippen LogP contribution < -0.4 is 0 Å². The van der Waals surface area contributed by atoms with E-state index >= 15 is 0 Å². The third-order valence-electron chi connectivity index (χ3n) is 5.09. The summed E-state index contributed by atoms with van der Waals surface area (Å²) in [5.74, 6) is -3.00. The molecule has 0 amide bonds. The van der Waals surface area contributed by atoms with E-state index < -0.39 is 34.8 Å². The Balaban J connectivity index is 1.45. The monoisotopic (exact) mass is 474 g/mol. The number of halogens is 6. The number of pyridine rings is 1. The summed E-state index contributed by atoms with van der Waals surface area (Å²) in [5, 5.41) is 3.61. The van der Waals surface area contributed by atoms with Crippen LogP contribution in [0.3, 0.4) is 0 Å². The smallest absolute Gasteiger partial charge is 0.359 e. The first-order chi connectivity index (χ1) is 16.2. The Labute approximate surface area is 187 Å². The molecule has 0 atom stereocenters. The molecular weight excluding hydrogens is 462 g/mol. The van der Waals surface area contributed by atoms with Gasteiger partial charge in [0.25, 0.3) is 0 Å². The summed E-state index contributed by atoms with van der Waals surface area (Å²) in [6, 6.07) is 9.13. The minimum Gasteiger partial charge on any atom is -0.359 e. The molecule has 3 aromatic rings. The maximum absolute atomic E-state index is 14.2. The Morgan fingerprint density at radius 2 is 1.59 bits per heavy atom. The summed E-state index contributed by atoms with van der Waals surface area (Å²) in [6.07, 6.45) is -1.63. The molecule has 11 heteroatoms. The molecular formula is C23H12F6N4O. The number of alkyl halides is 3. The van der Waals surface area contributed by atoms with E-state index in [1.165, 1.54) is 18.2 Å². The first kappa shape index (κ1) is 21.7. The van der Waals surface area contributed by atoms with Crippen LogP contribution in [0.1, 0.15) is 11.3 Å². The van der Waals surface area contributed by atoms with E-state index in [1.54, 1.807) is 23.0 Å². The van der Waals surface area contributed by atoms with Crippen LogP contribution in [0.15, 0.2) is 65.4 Å². The third kappa shape index (κ3) is 3.89. The van der Waals surface area contributed by atoms with Gasteiger partial charge in [-0.25, -0.2) is 23.1 Å². The van der Waals surface area contributed by atoms with Gasteiger partial charge in [-0.1, -0.05) is 17.3 Å². The van der Waals surface area contributed by atoms with Crippen LogP contribution in [0.5, 0.6) is 0 Å². The second-order valence-electron chi connectivity index (χ2n) is 7.37. The van der Waals surface area contributed by atoms with Gasteiger partial charge in [0, 0.05) is 18.5 Å². The van der Waals surface area contributed by atoms with Crippen molar-refractivity contribution in [3.63, 3.8) is 0 Å². The highest BCUT2D eigenvalue weighted by Gasteiger charge is 2.36. The number of aromatic nitrogens is 4. The Morgan fingerprint density at radius 3 is 2.38 bits per heavy atom. The van der Waals surface area contributed by atoms with Gasteiger partial charge in [0.2, 0.25) is 0 Å². The lowest BCUT2D eigenvalue weighted by Crippen LogP contribution is -2.08. The van der Waals surface area contributed by atoms with Gasteiger partial charge >= 0.3 is 6.18 Å². The van der Waals surface area contributed by atoms with Crippen molar-refractivity contribution >= 4 is 0 Å². The molecule has 34 heavy (non-hydrogen) atoms. The second kappa shape index (κ2) is 8.01. The molecule has 0 spiro atoms. The first-order valence-corrected chi connectivity index (χ1v) is 9.80. The molecule has 3 heterocycles. The first-order valence-electron chi connectivity index (χ1n) is 9.80. The Bertz CT molecular complexity index is 1470. The lowest BCUT2D eigenvalue weighted by atomic mass is 10.0. The van der Waals surface area contributed by atoms with Crippen molar-refractivity contribution in [2.75, 3.05) is 0 Å². The predicted octanol–water partition coefficient (Wildman–Crippen LogP) is 6.19. The summed E-state index contributed by atoms with van der Waals surface area (Å²) in [6.45, 7) is 0.0370. The highest BCUT2D eigenvalue weighted by molar-refractivity contribution is 5.66. The Hall–Kier alpha value is -4.15. The molecule has 0 fully saturated rings. The Kier molecular flexibility index (Phi) is 5.11. The number of nitrogens with zero attached hydrogens (tertiary/aromatic N) is 4. The van der Waals surface area contributed by atoms with Crippen molar-refractivity contribution in [3.8, 4) is 34.0 Å².